The first-order valence-electron chi connectivity index (χ1n) is 4.54. The zero-order valence-corrected chi connectivity index (χ0v) is 7.69. The molecule has 0 atom stereocenters. The molecule has 0 bridgehead atoms. The first kappa shape index (κ1) is 8.32. The summed E-state index contributed by atoms with van der Waals surface area (Å²) in [4.78, 5) is 3.10. The van der Waals surface area contributed by atoms with Crippen molar-refractivity contribution in [3.63, 3.8) is 0 Å². The lowest BCUT2D eigenvalue weighted by molar-refractivity contribution is 0.738. The van der Waals surface area contributed by atoms with Gasteiger partial charge >= 0.3 is 0 Å². The van der Waals surface area contributed by atoms with E-state index in [0.717, 1.165) is 30.1 Å². The maximum atomic E-state index is 4.00. The SMILES string of the molecule is C=c1[nH]cc(C2=CCNCC2)c1=C. The van der Waals surface area contributed by atoms with Crippen LogP contribution in [0.5, 0.6) is 0 Å². The van der Waals surface area contributed by atoms with Crippen LogP contribution in [0.3, 0.4) is 0 Å². The molecule has 0 radical (unpaired) electrons. The van der Waals surface area contributed by atoms with Gasteiger partial charge in [0.2, 0.25) is 0 Å². The van der Waals surface area contributed by atoms with Gasteiger partial charge in [0, 0.05) is 23.7 Å². The highest BCUT2D eigenvalue weighted by Gasteiger charge is 2.06. The number of rotatable bonds is 1. The van der Waals surface area contributed by atoms with Gasteiger partial charge in [-0.25, -0.2) is 0 Å². The molecule has 2 N–H and O–H groups in total. The normalized spacial score (nSPS) is 17.1. The minimum atomic E-state index is 0.925. The van der Waals surface area contributed by atoms with Crippen LogP contribution in [0.25, 0.3) is 18.7 Å². The maximum absolute atomic E-state index is 4.00. The van der Waals surface area contributed by atoms with Crippen LogP contribution in [0.1, 0.15) is 12.0 Å². The molecule has 0 fully saturated rings. The van der Waals surface area contributed by atoms with Crippen LogP contribution in [0.2, 0.25) is 0 Å². The number of H-pyrrole nitrogens is 1. The maximum Gasteiger partial charge on any atom is 0.0381 e. The molecule has 68 valence electrons. The molecule has 0 spiro atoms. The molecule has 0 unspecified atom stereocenters. The highest BCUT2D eigenvalue weighted by molar-refractivity contribution is 5.66. The van der Waals surface area contributed by atoms with Gasteiger partial charge < -0.3 is 10.3 Å². The van der Waals surface area contributed by atoms with Crippen molar-refractivity contribution in [1.82, 2.24) is 10.3 Å². The molecule has 0 amide bonds. The first-order valence-corrected chi connectivity index (χ1v) is 4.54. The van der Waals surface area contributed by atoms with Gasteiger partial charge in [0.05, 0.1) is 0 Å². The molecule has 2 rings (SSSR count). The van der Waals surface area contributed by atoms with Crippen molar-refractivity contribution in [2.24, 2.45) is 0 Å². The Morgan fingerprint density at radius 1 is 1.31 bits per heavy atom. The molecule has 13 heavy (non-hydrogen) atoms. The van der Waals surface area contributed by atoms with Gasteiger partial charge in [-0.1, -0.05) is 19.2 Å². The van der Waals surface area contributed by atoms with Crippen LogP contribution in [0.4, 0.5) is 0 Å². The van der Waals surface area contributed by atoms with Crippen molar-refractivity contribution >= 4 is 18.7 Å². The van der Waals surface area contributed by atoms with Gasteiger partial charge in [0.1, 0.15) is 0 Å². The third-order valence-corrected chi connectivity index (χ3v) is 2.49. The van der Waals surface area contributed by atoms with Gasteiger partial charge in [0.25, 0.3) is 0 Å². The summed E-state index contributed by atoms with van der Waals surface area (Å²) in [5.74, 6) is 0. The van der Waals surface area contributed by atoms with Crippen LogP contribution >= 0.6 is 0 Å². The number of hydrogen-bond donors (Lipinski definition) is 2. The Kier molecular flexibility index (Phi) is 2.07. The molecular weight excluding hydrogens is 160 g/mol. The zero-order valence-electron chi connectivity index (χ0n) is 7.69. The summed E-state index contributed by atoms with van der Waals surface area (Å²) in [5, 5.41) is 5.25. The fourth-order valence-corrected chi connectivity index (χ4v) is 1.65. The van der Waals surface area contributed by atoms with Gasteiger partial charge in [-0.2, -0.15) is 0 Å². The van der Waals surface area contributed by atoms with Crippen molar-refractivity contribution < 1.29 is 0 Å². The van der Waals surface area contributed by atoms with E-state index in [2.05, 4.69) is 29.5 Å². The summed E-state index contributed by atoms with van der Waals surface area (Å²) in [6.07, 6.45) is 5.31. The Morgan fingerprint density at radius 2 is 2.15 bits per heavy atom. The summed E-state index contributed by atoms with van der Waals surface area (Å²) < 4.78 is 0. The topological polar surface area (TPSA) is 27.8 Å². The van der Waals surface area contributed by atoms with E-state index in [4.69, 9.17) is 0 Å². The van der Waals surface area contributed by atoms with E-state index in [0.29, 0.717) is 0 Å². The minimum Gasteiger partial charge on any atom is -0.361 e. The Hall–Kier alpha value is -1.28. The molecule has 2 heteroatoms. The average Bonchev–Trinajstić information content (AvgIpc) is 2.49. The van der Waals surface area contributed by atoms with Gasteiger partial charge in [0.15, 0.2) is 0 Å². The zero-order chi connectivity index (χ0) is 9.26. The Balaban J connectivity index is 2.45. The highest BCUT2D eigenvalue weighted by atomic mass is 14.8. The van der Waals surface area contributed by atoms with Gasteiger partial charge in [-0.15, -0.1) is 0 Å². The van der Waals surface area contributed by atoms with Crippen molar-refractivity contribution in [3.8, 4) is 0 Å². The largest absolute Gasteiger partial charge is 0.361 e. The second kappa shape index (κ2) is 3.23. The van der Waals surface area contributed by atoms with E-state index < -0.39 is 0 Å². The molecule has 0 saturated carbocycles. The van der Waals surface area contributed by atoms with E-state index in [1.54, 1.807) is 0 Å². The fourth-order valence-electron chi connectivity index (χ4n) is 1.65. The highest BCUT2D eigenvalue weighted by Crippen LogP contribution is 2.14. The van der Waals surface area contributed by atoms with E-state index >= 15 is 0 Å². The monoisotopic (exact) mass is 174 g/mol. The Labute approximate surface area is 77.7 Å². The van der Waals surface area contributed by atoms with Crippen LogP contribution in [0.15, 0.2) is 12.3 Å². The van der Waals surface area contributed by atoms with Crippen molar-refractivity contribution in [2.45, 2.75) is 6.42 Å². The number of hydrogen-bond acceptors (Lipinski definition) is 1. The fraction of sp³-hybridized carbons (Fsp3) is 0.273. The lowest BCUT2D eigenvalue weighted by atomic mass is 10.0. The predicted octanol–water partition coefficient (Wildman–Crippen LogP) is 0.212. The van der Waals surface area contributed by atoms with E-state index in [-0.39, 0.29) is 0 Å². The van der Waals surface area contributed by atoms with E-state index in [1.807, 2.05) is 6.20 Å². The second-order valence-corrected chi connectivity index (χ2v) is 3.34. The molecule has 1 aliphatic rings. The first-order chi connectivity index (χ1) is 6.29. The molecule has 2 nitrogen and oxygen atoms in total. The molecule has 0 aromatic carbocycles. The third kappa shape index (κ3) is 1.45. The summed E-state index contributed by atoms with van der Waals surface area (Å²) in [6.45, 7) is 9.90. The predicted molar refractivity (Wildman–Crippen MR) is 56.6 cm³/mol. The average molecular weight is 174 g/mol. The van der Waals surface area contributed by atoms with E-state index in [1.165, 1.54) is 11.1 Å². The van der Waals surface area contributed by atoms with Crippen molar-refractivity contribution in [2.75, 3.05) is 13.1 Å². The lowest BCUT2D eigenvalue weighted by Gasteiger charge is -2.12. The molecule has 2 heterocycles. The van der Waals surface area contributed by atoms with Gasteiger partial charge in [-0.3, -0.25) is 0 Å². The number of nitrogens with one attached hydrogen (secondary N) is 2. The van der Waals surface area contributed by atoms with E-state index in [9.17, 15) is 0 Å². The van der Waals surface area contributed by atoms with Crippen LogP contribution in [0, 0.1) is 0 Å². The number of aromatic nitrogens is 1. The molecule has 1 aliphatic heterocycles. The van der Waals surface area contributed by atoms with Crippen LogP contribution in [-0.2, 0) is 0 Å². The Morgan fingerprint density at radius 3 is 2.69 bits per heavy atom. The summed E-state index contributed by atoms with van der Waals surface area (Å²) in [6, 6.07) is 0. The van der Waals surface area contributed by atoms with Gasteiger partial charge in [-0.05, 0) is 23.8 Å². The van der Waals surface area contributed by atoms with Crippen LogP contribution < -0.4 is 15.9 Å². The summed E-state index contributed by atoms with van der Waals surface area (Å²) in [7, 11) is 0. The summed E-state index contributed by atoms with van der Waals surface area (Å²) >= 11 is 0. The third-order valence-electron chi connectivity index (χ3n) is 2.49. The quantitative estimate of drug-likeness (QED) is 0.626. The molecule has 1 aromatic heterocycles. The number of aromatic amines is 1. The molecule has 1 aromatic rings. The van der Waals surface area contributed by atoms with Crippen molar-refractivity contribution in [3.05, 3.63) is 28.4 Å². The molecule has 0 saturated heterocycles. The lowest BCUT2D eigenvalue weighted by Crippen LogP contribution is -2.24. The van der Waals surface area contributed by atoms with Crippen molar-refractivity contribution in [1.29, 1.82) is 0 Å². The van der Waals surface area contributed by atoms with Crippen LogP contribution in [-0.4, -0.2) is 18.1 Å². The minimum absolute atomic E-state index is 0.925. The standard InChI is InChI=1S/C11H14N2/c1-8-9(2)13-7-11(8)10-3-5-12-6-4-10/h3,7,12-13H,1-2,4-6H2. The smallest absolute Gasteiger partial charge is 0.0381 e. The summed E-state index contributed by atoms with van der Waals surface area (Å²) in [5.41, 5.74) is 2.61. The second-order valence-electron chi connectivity index (χ2n) is 3.34. The Bertz CT molecular complexity index is 425. The molecule has 0 aliphatic carbocycles. The molecular formula is C11H14N2.